The lowest BCUT2D eigenvalue weighted by Crippen LogP contribution is -2.33. The highest BCUT2D eigenvalue weighted by atomic mass is 35.5. The van der Waals surface area contributed by atoms with Gasteiger partial charge in [-0.1, -0.05) is 115 Å². The summed E-state index contributed by atoms with van der Waals surface area (Å²) in [6.45, 7) is 14.3. The SMILES string of the molecule is CC(=O)Cc1ncc(-c2cccc(CS(C)(=O)=O)c2)nc1C(=O)N[C@@H](C)c1cc2cccc(Cl)c2c(=O)n1C.Cc1cc(-c2cccc3cc([C@H](C)NC(=O)c4c(C)nn5ccc(C)nc45)n(-c4ccccc4)c(=O)c23)ccn1.Cc1nn2cccnc2c1C(=O)N[C@@H](C)c1cc2cccc(C3CC3)c2c(=O)n1-c1ccccc1. The number of para-hydroxylation sites is 2. The molecule has 3 atom stereocenters. The lowest BCUT2D eigenvalue weighted by Gasteiger charge is -2.22. The van der Waals surface area contributed by atoms with Crippen LogP contribution in [-0.2, 0) is 33.9 Å². The van der Waals surface area contributed by atoms with E-state index in [0.717, 1.165) is 80.4 Å². The summed E-state index contributed by atoms with van der Waals surface area (Å²) in [7, 11) is -1.64. The van der Waals surface area contributed by atoms with Crippen LogP contribution in [0.2, 0.25) is 5.02 Å². The number of Topliss-reactive ketones (excluding diaryl/α,β-unsaturated/α-hetero) is 1. The molecule has 9 heterocycles. The highest BCUT2D eigenvalue weighted by molar-refractivity contribution is 7.89. The van der Waals surface area contributed by atoms with Crippen molar-refractivity contribution in [2.75, 3.05) is 6.26 Å². The third-order valence-electron chi connectivity index (χ3n) is 20.0. The molecule has 0 radical (unpaired) electrons. The number of aromatic nitrogens is 12. The summed E-state index contributed by atoms with van der Waals surface area (Å²) in [5.74, 6) is -1.03. The number of sulfone groups is 1. The molecule has 6 aromatic carbocycles. The number of ketones is 1. The predicted octanol–water partition coefficient (Wildman–Crippen LogP) is 14.0. The first kappa shape index (κ1) is 77.5. The van der Waals surface area contributed by atoms with Gasteiger partial charge in [0.05, 0.1) is 80.5 Å². The quantitative estimate of drug-likeness (QED) is 0.0719. The van der Waals surface area contributed by atoms with Crippen LogP contribution in [0.3, 0.4) is 0 Å². The van der Waals surface area contributed by atoms with Gasteiger partial charge in [0.1, 0.15) is 16.9 Å². The number of amides is 3. The van der Waals surface area contributed by atoms with Crippen molar-refractivity contribution in [1.82, 2.24) is 73.8 Å². The maximum atomic E-state index is 14.3. The molecule has 26 heteroatoms. The minimum Gasteiger partial charge on any atom is -0.344 e. The van der Waals surface area contributed by atoms with Gasteiger partial charge in [0.15, 0.2) is 26.8 Å². The van der Waals surface area contributed by atoms with Crippen LogP contribution in [-0.4, -0.2) is 96.0 Å². The Morgan fingerprint density at radius 3 is 1.72 bits per heavy atom. The van der Waals surface area contributed by atoms with Crippen molar-refractivity contribution < 1.29 is 27.6 Å². The Bertz CT molecular complexity index is 6670. The van der Waals surface area contributed by atoms with Crippen LogP contribution in [0.25, 0.3) is 77.4 Å². The molecule has 24 nitrogen and oxygen atoms in total. The number of hydrogen-bond acceptors (Lipinski definition) is 16. The van der Waals surface area contributed by atoms with Gasteiger partial charge in [0.2, 0.25) is 0 Å². The topological polar surface area (TPSA) is 304 Å². The van der Waals surface area contributed by atoms with Gasteiger partial charge in [0.25, 0.3) is 34.4 Å². The van der Waals surface area contributed by atoms with Crippen LogP contribution >= 0.6 is 11.6 Å². The summed E-state index contributed by atoms with van der Waals surface area (Å²) in [6.07, 6.45) is 11.7. The largest absolute Gasteiger partial charge is 0.344 e. The lowest BCUT2D eigenvalue weighted by atomic mass is 9.98. The van der Waals surface area contributed by atoms with Crippen molar-refractivity contribution in [2.24, 2.45) is 7.05 Å². The molecule has 1 fully saturated rings. The molecule has 1 saturated carbocycles. The van der Waals surface area contributed by atoms with Gasteiger partial charge < -0.3 is 20.5 Å². The summed E-state index contributed by atoms with van der Waals surface area (Å²) in [5, 5.41) is 22.4. The van der Waals surface area contributed by atoms with E-state index in [1.54, 1.807) is 125 Å². The van der Waals surface area contributed by atoms with Gasteiger partial charge in [-0.05, 0) is 191 Å². The van der Waals surface area contributed by atoms with E-state index in [2.05, 4.69) is 57.1 Å². The van der Waals surface area contributed by atoms with Crippen molar-refractivity contribution in [3.8, 4) is 33.8 Å². The van der Waals surface area contributed by atoms with Crippen molar-refractivity contribution >= 4 is 88.6 Å². The first-order chi connectivity index (χ1) is 54.7. The number of rotatable bonds is 18. The summed E-state index contributed by atoms with van der Waals surface area (Å²) < 4.78 is 31.6. The monoisotopic (exact) mass is 1560 g/mol. The highest BCUT2D eigenvalue weighted by Crippen LogP contribution is 2.43. The number of carbonyl (C=O) groups is 4. The lowest BCUT2D eigenvalue weighted by molar-refractivity contribution is -0.116. The zero-order valence-corrected chi connectivity index (χ0v) is 65.7. The molecule has 1 aliphatic rings. The number of pyridine rings is 4. The van der Waals surface area contributed by atoms with Gasteiger partial charge in [-0.15, -0.1) is 0 Å². The standard InChI is InChI=1S/C32H28N6O2.C28H27ClN4O5S.C28H25N5O2/c1-19-14-16-37-30(34-19)28(22(4)36-37)31(39)35-21(3)27-18-24-9-8-12-26(23-13-15-33-20(2)17-23)29(24)32(40)38(27)25-10-6-5-7-11-25;1-16(34)11-22-26(32-23(14-30-22)19-8-5-7-18(12-19)15-39(4,37)38)27(35)31-17(2)24-13-20-9-6-10-21(29)25(20)28(36)33(24)3;1-17(30-27(34)24-18(2)31-32-15-7-14-29-26(24)32)23-16-20-8-6-11-22(19-12-13-19)25(20)28(35)33(23)21-9-4-3-5-10-21/h5-18,21H,1-4H3,(H,35,39);5-10,12-14,17H,11,15H2,1-4H3,(H,31,35);3-11,14-17,19H,12-13H2,1-2H3,(H,30,34)/t21-;2*17-/m000/s1. The molecule has 9 aromatic heterocycles. The zero-order valence-electron chi connectivity index (χ0n) is 64.2. The first-order valence-electron chi connectivity index (χ1n) is 37.0. The Balaban J connectivity index is 0.000000142. The van der Waals surface area contributed by atoms with E-state index in [4.69, 9.17) is 11.6 Å². The number of nitrogens with zero attached hydrogens (tertiary/aromatic N) is 12. The van der Waals surface area contributed by atoms with Crippen LogP contribution in [0.1, 0.15) is 152 Å². The summed E-state index contributed by atoms with van der Waals surface area (Å²) in [4.78, 5) is 116. The fourth-order valence-electron chi connectivity index (χ4n) is 14.6. The van der Waals surface area contributed by atoms with E-state index in [9.17, 15) is 42.0 Å². The molecule has 3 N–H and O–H groups in total. The second kappa shape index (κ2) is 32.2. The first-order valence-corrected chi connectivity index (χ1v) is 39.5. The van der Waals surface area contributed by atoms with Gasteiger partial charge in [-0.3, -0.25) is 52.7 Å². The number of halogens is 1. The molecule has 16 rings (SSSR count). The van der Waals surface area contributed by atoms with Crippen LogP contribution in [0.5, 0.6) is 0 Å². The Morgan fingerprint density at radius 1 is 0.535 bits per heavy atom. The van der Waals surface area contributed by atoms with E-state index >= 15 is 0 Å². The van der Waals surface area contributed by atoms with Crippen molar-refractivity contribution in [3.63, 3.8) is 0 Å². The minimum atomic E-state index is -3.25. The van der Waals surface area contributed by atoms with Crippen LogP contribution in [0.4, 0.5) is 0 Å². The van der Waals surface area contributed by atoms with Crippen molar-refractivity contribution in [1.29, 1.82) is 0 Å². The molecule has 3 amide bonds. The Hall–Kier alpha value is -13.3. The minimum absolute atomic E-state index is 0.0306. The normalized spacial score (nSPS) is 12.9. The Kier molecular flexibility index (Phi) is 21.9. The van der Waals surface area contributed by atoms with Gasteiger partial charge >= 0.3 is 0 Å². The molecular formula is C88H80ClN15O9S. The number of benzene rings is 6. The second-order valence-electron chi connectivity index (χ2n) is 28.7. The van der Waals surface area contributed by atoms with E-state index in [1.807, 2.05) is 149 Å². The van der Waals surface area contributed by atoms with Crippen LogP contribution < -0.4 is 32.6 Å². The third-order valence-corrected chi connectivity index (χ3v) is 21.2. The summed E-state index contributed by atoms with van der Waals surface area (Å²) in [5.41, 5.74) is 12.2. The smallest absolute Gasteiger partial charge is 0.272 e. The average Bonchev–Trinajstić information content (AvgIpc) is 1.15. The number of fused-ring (bicyclic) bond motifs is 5. The molecule has 0 aliphatic heterocycles. The van der Waals surface area contributed by atoms with Gasteiger partial charge in [-0.25, -0.2) is 32.4 Å². The summed E-state index contributed by atoms with van der Waals surface area (Å²) in [6, 6.07) is 54.8. The number of hydrogen-bond donors (Lipinski definition) is 3. The Morgan fingerprint density at radius 2 is 1.10 bits per heavy atom. The Labute approximate surface area is 660 Å². The molecular weight excluding hydrogens is 1480 g/mol. The third kappa shape index (κ3) is 16.1. The molecule has 0 bridgehead atoms. The number of aryl methyl sites for hydroxylation is 4. The second-order valence-corrected chi connectivity index (χ2v) is 31.2. The van der Waals surface area contributed by atoms with Crippen molar-refractivity contribution in [2.45, 2.75) is 104 Å². The molecule has 1 aliphatic carbocycles. The molecule has 0 unspecified atom stereocenters. The van der Waals surface area contributed by atoms with Gasteiger partial charge in [-0.2, -0.15) is 10.2 Å². The molecule has 0 spiro atoms. The highest BCUT2D eigenvalue weighted by Gasteiger charge is 2.31. The van der Waals surface area contributed by atoms with E-state index in [-0.39, 0.29) is 57.8 Å². The molecule has 15 aromatic rings. The zero-order chi connectivity index (χ0) is 80.6. The van der Waals surface area contributed by atoms with E-state index < -0.39 is 33.9 Å². The fourth-order valence-corrected chi connectivity index (χ4v) is 15.6. The maximum absolute atomic E-state index is 14.3. The predicted molar refractivity (Wildman–Crippen MR) is 441 cm³/mol. The van der Waals surface area contributed by atoms with Gasteiger partial charge in [0, 0.05) is 83.5 Å². The molecule has 574 valence electrons. The van der Waals surface area contributed by atoms with E-state index in [1.165, 1.54) is 17.7 Å². The average molecular weight is 1560 g/mol. The molecule has 114 heavy (non-hydrogen) atoms. The fraction of sp³-hybridized carbons (Fsp3) is 0.205. The van der Waals surface area contributed by atoms with E-state index in [0.29, 0.717) is 89.1 Å². The number of nitrogens with one attached hydrogen (secondary N) is 3. The van der Waals surface area contributed by atoms with Crippen LogP contribution in [0, 0.1) is 27.7 Å². The number of carbonyl (C=O) groups excluding carboxylic acids is 4. The van der Waals surface area contributed by atoms with Crippen molar-refractivity contribution in [3.05, 3.63) is 323 Å². The summed E-state index contributed by atoms with van der Waals surface area (Å²) >= 11 is 6.24. The molecule has 0 saturated heterocycles. The van der Waals surface area contributed by atoms with Crippen LogP contribution in [0.15, 0.2) is 227 Å². The maximum Gasteiger partial charge on any atom is 0.272 e.